The Hall–Kier alpha value is -4.96. The molecule has 2 aromatic heterocycles. The van der Waals surface area contributed by atoms with Crippen molar-refractivity contribution in [3.63, 3.8) is 0 Å². The van der Waals surface area contributed by atoms with E-state index in [9.17, 15) is 9.59 Å². The van der Waals surface area contributed by atoms with Crippen molar-refractivity contribution in [3.8, 4) is 17.2 Å². The maximum Gasteiger partial charge on any atom is 0.220 e. The molecule has 0 saturated carbocycles. The van der Waals surface area contributed by atoms with Crippen molar-refractivity contribution in [3.05, 3.63) is 103 Å². The fourth-order valence-corrected chi connectivity index (χ4v) is 4.80. The number of amides is 1. The van der Waals surface area contributed by atoms with Gasteiger partial charge >= 0.3 is 0 Å². The molecule has 2 unspecified atom stereocenters. The third kappa shape index (κ3) is 6.62. The van der Waals surface area contributed by atoms with Crippen LogP contribution < -0.4 is 20.5 Å². The normalized spacial score (nSPS) is 12.5. The van der Waals surface area contributed by atoms with Crippen molar-refractivity contribution < 1.29 is 19.1 Å². The number of Topliss-reactive ketones (excluding diaryl/α,β-unsaturated/α-hetero) is 1. The molecule has 0 fully saturated rings. The van der Waals surface area contributed by atoms with Crippen LogP contribution >= 0.6 is 0 Å². The molecule has 0 saturated heterocycles. The highest BCUT2D eigenvalue weighted by atomic mass is 16.5. The lowest BCUT2D eigenvalue weighted by atomic mass is 9.90. The zero-order chi connectivity index (χ0) is 28.6. The maximum absolute atomic E-state index is 13.5. The van der Waals surface area contributed by atoms with Gasteiger partial charge in [-0.2, -0.15) is 0 Å². The van der Waals surface area contributed by atoms with Crippen molar-refractivity contribution in [2.75, 3.05) is 20.3 Å². The van der Waals surface area contributed by atoms with Gasteiger partial charge in [0.25, 0.3) is 0 Å². The number of nitrogens with one attached hydrogen (secondary N) is 2. The minimum Gasteiger partial charge on any atom is -0.496 e. The highest BCUT2D eigenvalue weighted by molar-refractivity contribution is 5.88. The molecule has 5 rings (SSSR count). The van der Waals surface area contributed by atoms with Gasteiger partial charge in [-0.05, 0) is 53.9 Å². The second-order valence-electron chi connectivity index (χ2n) is 9.63. The van der Waals surface area contributed by atoms with Crippen LogP contribution in [0.15, 0.2) is 91.4 Å². The summed E-state index contributed by atoms with van der Waals surface area (Å²) in [5.41, 5.74) is 10.2. The van der Waals surface area contributed by atoms with Crippen LogP contribution in [-0.2, 0) is 16.0 Å². The lowest BCUT2D eigenvalue weighted by Gasteiger charge is -2.23. The number of methoxy groups -OCH3 is 1. The van der Waals surface area contributed by atoms with E-state index in [1.165, 1.54) is 0 Å². The molecule has 3 aromatic carbocycles. The Kier molecular flexibility index (Phi) is 8.70. The number of ketones is 1. The molecule has 1 amide bonds. The van der Waals surface area contributed by atoms with Crippen LogP contribution in [-0.4, -0.2) is 51.9 Å². The van der Waals surface area contributed by atoms with Gasteiger partial charge in [-0.1, -0.05) is 41.6 Å². The number of H-pyrrole nitrogens is 1. The summed E-state index contributed by atoms with van der Waals surface area (Å²) in [6.07, 6.45) is 5.91. The molecule has 0 aliphatic heterocycles. The highest BCUT2D eigenvalue weighted by Gasteiger charge is 2.29. The van der Waals surface area contributed by atoms with Crippen molar-refractivity contribution in [1.82, 2.24) is 25.3 Å². The smallest absolute Gasteiger partial charge is 0.220 e. The predicted molar refractivity (Wildman–Crippen MR) is 155 cm³/mol. The zero-order valence-electron chi connectivity index (χ0n) is 22.7. The van der Waals surface area contributed by atoms with Crippen LogP contribution in [0.25, 0.3) is 16.6 Å². The van der Waals surface area contributed by atoms with E-state index in [-0.39, 0.29) is 31.3 Å². The number of benzene rings is 3. The molecule has 0 spiro atoms. The molecule has 0 aliphatic rings. The Bertz CT molecular complexity index is 1600. The number of para-hydroxylation sites is 2. The van der Waals surface area contributed by atoms with Gasteiger partial charge in [0.1, 0.15) is 18.1 Å². The minimum absolute atomic E-state index is 0.0822. The van der Waals surface area contributed by atoms with Gasteiger partial charge in [0.05, 0.1) is 31.1 Å². The van der Waals surface area contributed by atoms with Crippen LogP contribution in [0.1, 0.15) is 23.6 Å². The van der Waals surface area contributed by atoms with Gasteiger partial charge in [-0.15, -0.1) is 5.10 Å². The van der Waals surface area contributed by atoms with E-state index in [2.05, 4.69) is 20.6 Å². The zero-order valence-corrected chi connectivity index (χ0v) is 22.7. The molecule has 5 aromatic rings. The number of hydrogen-bond donors (Lipinski definition) is 3. The van der Waals surface area contributed by atoms with E-state index in [0.29, 0.717) is 12.2 Å². The van der Waals surface area contributed by atoms with Gasteiger partial charge in [0.2, 0.25) is 5.91 Å². The summed E-state index contributed by atoms with van der Waals surface area (Å²) in [7, 11) is 1.61. The first-order valence-electron chi connectivity index (χ1n) is 13.4. The largest absolute Gasteiger partial charge is 0.496 e. The maximum atomic E-state index is 13.5. The third-order valence-electron chi connectivity index (χ3n) is 7.07. The van der Waals surface area contributed by atoms with E-state index in [0.717, 1.165) is 33.5 Å². The van der Waals surface area contributed by atoms with Gasteiger partial charge in [-0.25, -0.2) is 4.68 Å². The fraction of sp³-hybridized carbons (Fsp3) is 0.226. The SMILES string of the molecule is COc1ccccc1CCC(=O)NCC(C(=O)COc1ccc(-n2ccnn2)cc1)C(N)c1c[nH]c2ccccc12. The summed E-state index contributed by atoms with van der Waals surface area (Å²) in [6.45, 7) is -0.112. The molecule has 2 atom stereocenters. The van der Waals surface area contributed by atoms with Crippen molar-refractivity contribution in [2.24, 2.45) is 11.7 Å². The minimum atomic E-state index is -0.709. The molecule has 10 nitrogen and oxygen atoms in total. The van der Waals surface area contributed by atoms with Gasteiger partial charge in [0.15, 0.2) is 5.78 Å². The lowest BCUT2D eigenvalue weighted by Crippen LogP contribution is -2.40. The Morgan fingerprint density at radius 2 is 1.83 bits per heavy atom. The van der Waals surface area contributed by atoms with E-state index in [1.807, 2.05) is 66.9 Å². The number of aryl methyl sites for hydroxylation is 1. The molecule has 0 radical (unpaired) electrons. The molecule has 0 bridgehead atoms. The third-order valence-corrected chi connectivity index (χ3v) is 7.07. The summed E-state index contributed by atoms with van der Waals surface area (Å²) in [5.74, 6) is 0.167. The fourth-order valence-electron chi connectivity index (χ4n) is 4.80. The van der Waals surface area contributed by atoms with Crippen LogP contribution in [0.2, 0.25) is 0 Å². The molecular formula is C31H32N6O4. The van der Waals surface area contributed by atoms with E-state index >= 15 is 0 Å². The topological polar surface area (TPSA) is 137 Å². The molecular weight excluding hydrogens is 520 g/mol. The number of ether oxygens (including phenoxy) is 2. The van der Waals surface area contributed by atoms with Crippen LogP contribution in [0.5, 0.6) is 11.5 Å². The summed E-state index contributed by atoms with van der Waals surface area (Å²) in [5, 5.41) is 11.6. The second kappa shape index (κ2) is 12.9. The van der Waals surface area contributed by atoms with Crippen molar-refractivity contribution in [2.45, 2.75) is 18.9 Å². The predicted octanol–water partition coefficient (Wildman–Crippen LogP) is 3.77. The number of hydrogen-bond acceptors (Lipinski definition) is 7. The molecule has 4 N–H and O–H groups in total. The number of nitrogens with two attached hydrogens (primary N) is 1. The van der Waals surface area contributed by atoms with Crippen molar-refractivity contribution in [1.29, 1.82) is 0 Å². The van der Waals surface area contributed by atoms with Crippen LogP contribution in [0.3, 0.4) is 0 Å². The van der Waals surface area contributed by atoms with Gasteiger partial charge in [-0.3, -0.25) is 9.59 Å². The summed E-state index contributed by atoms with van der Waals surface area (Å²) in [4.78, 5) is 29.6. The van der Waals surface area contributed by atoms with Crippen molar-refractivity contribution >= 4 is 22.6 Å². The molecule has 0 aliphatic carbocycles. The van der Waals surface area contributed by atoms with Crippen LogP contribution in [0.4, 0.5) is 0 Å². The van der Waals surface area contributed by atoms with E-state index in [1.54, 1.807) is 36.3 Å². The number of aromatic amines is 1. The number of fused-ring (bicyclic) bond motifs is 1. The van der Waals surface area contributed by atoms with E-state index in [4.69, 9.17) is 15.2 Å². The first-order chi connectivity index (χ1) is 20.0. The highest BCUT2D eigenvalue weighted by Crippen LogP contribution is 2.28. The van der Waals surface area contributed by atoms with Gasteiger partial charge in [0, 0.05) is 36.1 Å². The average Bonchev–Trinajstić information content (AvgIpc) is 3.70. The number of aromatic nitrogens is 4. The Morgan fingerprint density at radius 3 is 2.61 bits per heavy atom. The molecule has 210 valence electrons. The lowest BCUT2D eigenvalue weighted by molar-refractivity contribution is -0.126. The number of rotatable bonds is 13. The second-order valence-corrected chi connectivity index (χ2v) is 9.63. The standard InChI is InChI=1S/C31H32N6O4/c1-40-29-9-5-2-6-21(29)10-15-30(39)34-19-26(31(32)25-18-33-27-8-4-3-7-24(25)27)28(38)20-41-23-13-11-22(12-14-23)37-17-16-35-36-37/h2-9,11-14,16-18,26,31,33H,10,15,19-20,32H2,1H3,(H,34,39). The quantitative estimate of drug-likeness (QED) is 0.202. The summed E-state index contributed by atoms with van der Waals surface area (Å²) >= 11 is 0. The first-order valence-corrected chi connectivity index (χ1v) is 13.4. The Balaban J connectivity index is 1.26. The first kappa shape index (κ1) is 27.6. The number of carbonyl (C=O) groups is 2. The molecule has 41 heavy (non-hydrogen) atoms. The van der Waals surface area contributed by atoms with Gasteiger partial charge < -0.3 is 25.5 Å². The Morgan fingerprint density at radius 1 is 1.05 bits per heavy atom. The molecule has 2 heterocycles. The number of carbonyl (C=O) groups excluding carboxylic acids is 2. The number of nitrogens with zero attached hydrogens (tertiary/aromatic N) is 3. The monoisotopic (exact) mass is 552 g/mol. The summed E-state index contributed by atoms with van der Waals surface area (Å²) in [6, 6.07) is 21.9. The van der Waals surface area contributed by atoms with Crippen LogP contribution in [0, 0.1) is 5.92 Å². The Labute approximate surface area is 237 Å². The molecule has 10 heteroatoms. The van der Waals surface area contributed by atoms with E-state index < -0.39 is 12.0 Å². The summed E-state index contributed by atoms with van der Waals surface area (Å²) < 4.78 is 12.8. The average molecular weight is 553 g/mol.